The smallest absolute Gasteiger partial charge is 0.160 e. The number of methoxy groups -OCH3 is 1. The van der Waals surface area contributed by atoms with Gasteiger partial charge in [-0.2, -0.15) is 0 Å². The summed E-state index contributed by atoms with van der Waals surface area (Å²) in [5.74, 6) is 1.53. The molecule has 6 nitrogen and oxygen atoms in total. The van der Waals surface area contributed by atoms with Crippen molar-refractivity contribution in [1.29, 1.82) is 0 Å². The van der Waals surface area contributed by atoms with Crippen molar-refractivity contribution in [3.05, 3.63) is 35.9 Å². The minimum absolute atomic E-state index is 0.117. The SMILES string of the molecule is CCn1cnnc1CNC(C)c1ccc(O)c(OC)c1. The molecule has 1 aromatic heterocycles. The second-order valence-electron chi connectivity index (χ2n) is 4.57. The largest absolute Gasteiger partial charge is 0.504 e. The van der Waals surface area contributed by atoms with Gasteiger partial charge in [-0.25, -0.2) is 0 Å². The van der Waals surface area contributed by atoms with Crippen LogP contribution in [0, 0.1) is 0 Å². The highest BCUT2D eigenvalue weighted by Crippen LogP contribution is 2.28. The summed E-state index contributed by atoms with van der Waals surface area (Å²) < 4.78 is 7.12. The molecule has 6 heteroatoms. The number of hydrogen-bond donors (Lipinski definition) is 2. The van der Waals surface area contributed by atoms with E-state index in [2.05, 4.69) is 29.4 Å². The van der Waals surface area contributed by atoms with Crippen molar-refractivity contribution >= 4 is 0 Å². The van der Waals surface area contributed by atoms with Gasteiger partial charge < -0.3 is 19.7 Å². The Balaban J connectivity index is 2.03. The molecule has 1 atom stereocenters. The molecule has 0 aliphatic rings. The maximum Gasteiger partial charge on any atom is 0.160 e. The maximum absolute atomic E-state index is 9.60. The molecule has 0 amide bonds. The van der Waals surface area contributed by atoms with E-state index in [1.54, 1.807) is 19.5 Å². The molecule has 0 aliphatic carbocycles. The van der Waals surface area contributed by atoms with Crippen LogP contribution in [-0.2, 0) is 13.1 Å². The Kier molecular flexibility index (Phi) is 4.57. The molecule has 0 saturated heterocycles. The van der Waals surface area contributed by atoms with E-state index in [1.807, 2.05) is 16.7 Å². The summed E-state index contributed by atoms with van der Waals surface area (Å²) in [6.07, 6.45) is 1.73. The van der Waals surface area contributed by atoms with Crippen molar-refractivity contribution < 1.29 is 9.84 Å². The number of aromatic nitrogens is 3. The summed E-state index contributed by atoms with van der Waals surface area (Å²) in [5, 5.41) is 21.0. The van der Waals surface area contributed by atoms with E-state index in [9.17, 15) is 5.11 Å². The molecular formula is C14H20N4O2. The zero-order chi connectivity index (χ0) is 14.5. The fourth-order valence-corrected chi connectivity index (χ4v) is 2.01. The second kappa shape index (κ2) is 6.38. The first kappa shape index (κ1) is 14.3. The van der Waals surface area contributed by atoms with E-state index in [1.165, 1.54) is 0 Å². The zero-order valence-corrected chi connectivity index (χ0v) is 12.0. The van der Waals surface area contributed by atoms with Gasteiger partial charge in [0.15, 0.2) is 11.5 Å². The van der Waals surface area contributed by atoms with Crippen LogP contribution in [0.1, 0.15) is 31.3 Å². The van der Waals surface area contributed by atoms with Crippen LogP contribution in [0.25, 0.3) is 0 Å². The number of hydrogen-bond acceptors (Lipinski definition) is 5. The van der Waals surface area contributed by atoms with Crippen LogP contribution in [0.15, 0.2) is 24.5 Å². The quantitative estimate of drug-likeness (QED) is 0.842. The Hall–Kier alpha value is -2.08. The Labute approximate surface area is 118 Å². The third-order valence-electron chi connectivity index (χ3n) is 3.31. The molecule has 1 aromatic carbocycles. The van der Waals surface area contributed by atoms with Crippen LogP contribution in [0.2, 0.25) is 0 Å². The Bertz CT molecular complexity index is 568. The normalized spacial score (nSPS) is 12.3. The zero-order valence-electron chi connectivity index (χ0n) is 12.0. The lowest BCUT2D eigenvalue weighted by atomic mass is 10.1. The van der Waals surface area contributed by atoms with Crippen LogP contribution in [0.5, 0.6) is 11.5 Å². The van der Waals surface area contributed by atoms with Gasteiger partial charge in [-0.15, -0.1) is 10.2 Å². The number of nitrogens with zero attached hydrogens (tertiary/aromatic N) is 3. The van der Waals surface area contributed by atoms with Gasteiger partial charge in [0.25, 0.3) is 0 Å². The number of ether oxygens (including phenoxy) is 1. The molecule has 2 N–H and O–H groups in total. The summed E-state index contributed by atoms with van der Waals surface area (Å²) >= 11 is 0. The van der Waals surface area contributed by atoms with Crippen LogP contribution in [-0.4, -0.2) is 27.0 Å². The van der Waals surface area contributed by atoms with Crippen molar-refractivity contribution in [3.63, 3.8) is 0 Å². The van der Waals surface area contributed by atoms with Crippen LogP contribution in [0.3, 0.4) is 0 Å². The van der Waals surface area contributed by atoms with Gasteiger partial charge in [0.1, 0.15) is 12.2 Å². The third kappa shape index (κ3) is 3.08. The fraction of sp³-hybridized carbons (Fsp3) is 0.429. The molecule has 0 spiro atoms. The van der Waals surface area contributed by atoms with Gasteiger partial charge in [0.05, 0.1) is 13.7 Å². The molecule has 0 aliphatic heterocycles. The molecule has 0 radical (unpaired) electrons. The third-order valence-corrected chi connectivity index (χ3v) is 3.31. The number of phenols is 1. The van der Waals surface area contributed by atoms with Crippen molar-refractivity contribution in [1.82, 2.24) is 20.1 Å². The van der Waals surface area contributed by atoms with E-state index >= 15 is 0 Å². The van der Waals surface area contributed by atoms with Gasteiger partial charge in [0, 0.05) is 12.6 Å². The maximum atomic E-state index is 9.60. The minimum Gasteiger partial charge on any atom is -0.504 e. The van der Waals surface area contributed by atoms with Crippen LogP contribution >= 0.6 is 0 Å². The van der Waals surface area contributed by atoms with E-state index in [4.69, 9.17) is 4.74 Å². The van der Waals surface area contributed by atoms with E-state index in [-0.39, 0.29) is 11.8 Å². The molecule has 0 fully saturated rings. The van der Waals surface area contributed by atoms with Crippen molar-refractivity contribution in [3.8, 4) is 11.5 Å². The number of aromatic hydroxyl groups is 1. The number of benzene rings is 1. The predicted octanol–water partition coefficient (Wildman–Crippen LogP) is 1.86. The molecule has 108 valence electrons. The highest BCUT2D eigenvalue weighted by Gasteiger charge is 2.10. The Morgan fingerprint density at radius 2 is 2.25 bits per heavy atom. The summed E-state index contributed by atoms with van der Waals surface area (Å²) in [4.78, 5) is 0. The first-order chi connectivity index (χ1) is 9.65. The second-order valence-corrected chi connectivity index (χ2v) is 4.57. The number of aryl methyl sites for hydroxylation is 1. The molecule has 1 heterocycles. The summed E-state index contributed by atoms with van der Waals surface area (Å²) in [5.41, 5.74) is 1.04. The number of rotatable bonds is 6. The van der Waals surface area contributed by atoms with Crippen molar-refractivity contribution in [2.24, 2.45) is 0 Å². The lowest BCUT2D eigenvalue weighted by Crippen LogP contribution is -2.20. The monoisotopic (exact) mass is 276 g/mol. The average Bonchev–Trinajstić information content (AvgIpc) is 2.92. The van der Waals surface area contributed by atoms with Gasteiger partial charge in [-0.3, -0.25) is 0 Å². The lowest BCUT2D eigenvalue weighted by molar-refractivity contribution is 0.372. The average molecular weight is 276 g/mol. The predicted molar refractivity (Wildman–Crippen MR) is 75.6 cm³/mol. The molecular weight excluding hydrogens is 256 g/mol. The van der Waals surface area contributed by atoms with Gasteiger partial charge >= 0.3 is 0 Å². The van der Waals surface area contributed by atoms with Gasteiger partial charge in [0.2, 0.25) is 0 Å². The fourth-order valence-electron chi connectivity index (χ4n) is 2.01. The molecule has 0 bridgehead atoms. The van der Waals surface area contributed by atoms with E-state index in [0.29, 0.717) is 12.3 Å². The Morgan fingerprint density at radius 3 is 2.95 bits per heavy atom. The topological polar surface area (TPSA) is 72.2 Å². The first-order valence-corrected chi connectivity index (χ1v) is 6.62. The standard InChI is InChI=1S/C14H20N4O2/c1-4-18-9-16-17-14(18)8-15-10(2)11-5-6-12(19)13(7-11)20-3/h5-7,9-10,15,19H,4,8H2,1-3H3. The highest BCUT2D eigenvalue weighted by atomic mass is 16.5. The van der Waals surface area contributed by atoms with E-state index < -0.39 is 0 Å². The van der Waals surface area contributed by atoms with Gasteiger partial charge in [-0.1, -0.05) is 6.07 Å². The van der Waals surface area contributed by atoms with Crippen LogP contribution < -0.4 is 10.1 Å². The van der Waals surface area contributed by atoms with Crippen molar-refractivity contribution in [2.75, 3.05) is 7.11 Å². The van der Waals surface area contributed by atoms with E-state index in [0.717, 1.165) is 17.9 Å². The van der Waals surface area contributed by atoms with Crippen LogP contribution in [0.4, 0.5) is 0 Å². The summed E-state index contributed by atoms with van der Waals surface area (Å²) in [6.45, 7) is 5.60. The highest BCUT2D eigenvalue weighted by molar-refractivity contribution is 5.42. The first-order valence-electron chi connectivity index (χ1n) is 6.62. The molecule has 1 unspecified atom stereocenters. The van der Waals surface area contributed by atoms with Crippen molar-refractivity contribution in [2.45, 2.75) is 33.0 Å². The molecule has 20 heavy (non-hydrogen) atoms. The number of nitrogens with one attached hydrogen (secondary N) is 1. The van der Waals surface area contributed by atoms with Gasteiger partial charge in [-0.05, 0) is 31.5 Å². The lowest BCUT2D eigenvalue weighted by Gasteiger charge is -2.15. The molecule has 2 rings (SSSR count). The summed E-state index contributed by atoms with van der Waals surface area (Å²) in [6, 6.07) is 5.46. The summed E-state index contributed by atoms with van der Waals surface area (Å²) in [7, 11) is 1.54. The molecule has 2 aromatic rings. The minimum atomic E-state index is 0.117. The molecule has 0 saturated carbocycles. The Morgan fingerprint density at radius 1 is 1.45 bits per heavy atom. The number of phenolic OH excluding ortho intramolecular Hbond substituents is 1.